The number of carbonyl (C=O) groups excluding carboxylic acids is 1. The quantitative estimate of drug-likeness (QED) is 0.401. The molecule has 11 heavy (non-hydrogen) atoms. The molecule has 0 rings (SSSR count). The summed E-state index contributed by atoms with van der Waals surface area (Å²) in [5.41, 5.74) is 0. The first kappa shape index (κ1) is 9.22. The Labute approximate surface area is 61.9 Å². The Morgan fingerprint density at radius 1 is 1.09 bits per heavy atom. The van der Waals surface area contributed by atoms with Gasteiger partial charge in [-0.1, -0.05) is 0 Å². The maximum absolute atomic E-state index is 10.5. The van der Waals surface area contributed by atoms with Gasteiger partial charge in [0.2, 0.25) is 5.78 Å². The van der Waals surface area contributed by atoms with E-state index in [1.54, 1.807) is 0 Å². The minimum Gasteiger partial charge on any atom is -0.512 e. The summed E-state index contributed by atoms with van der Waals surface area (Å²) < 4.78 is 0. The third kappa shape index (κ3) is 3.74. The first-order chi connectivity index (χ1) is 5.07. The van der Waals surface area contributed by atoms with E-state index in [2.05, 4.69) is 0 Å². The van der Waals surface area contributed by atoms with Gasteiger partial charge in [0.25, 0.3) is 0 Å². The molecule has 0 unspecified atom stereocenters. The average molecular weight is 158 g/mol. The number of hydrogen-bond donors (Lipinski definition) is 3. The molecule has 0 aliphatic rings. The zero-order valence-corrected chi connectivity index (χ0v) is 5.39. The lowest BCUT2D eigenvalue weighted by Gasteiger charge is -1.87. The molecule has 0 atom stereocenters. The monoisotopic (exact) mass is 158 g/mol. The Kier molecular flexibility index (Phi) is 3.44. The maximum Gasteiger partial charge on any atom is 0.328 e. The van der Waals surface area contributed by atoms with E-state index in [0.29, 0.717) is 12.2 Å². The summed E-state index contributed by atoms with van der Waals surface area (Å²) in [6.45, 7) is 0. The molecule has 0 amide bonds. The number of ketones is 1. The highest BCUT2D eigenvalue weighted by molar-refractivity contribution is 6.04. The van der Waals surface area contributed by atoms with Gasteiger partial charge in [0, 0.05) is 6.08 Å². The Morgan fingerprint density at radius 3 is 2.00 bits per heavy atom. The number of hydrogen-bond acceptors (Lipinski definition) is 4. The molecule has 60 valence electrons. The topological polar surface area (TPSA) is 94.8 Å². The molecule has 0 aromatic heterocycles. The predicted octanol–water partition coefficient (Wildman–Crippen LogP) is 0.154. The van der Waals surface area contributed by atoms with Crippen LogP contribution in [0.4, 0.5) is 0 Å². The van der Waals surface area contributed by atoms with Crippen molar-refractivity contribution >= 4 is 11.8 Å². The van der Waals surface area contributed by atoms with Gasteiger partial charge in [0.1, 0.15) is 6.26 Å². The standard InChI is InChI=1S/C6H6O5/c7-3-5(9)4(8)1-2-6(10)11/h1-3,7,9H,(H,10,11)/b2-1+,5-3-. The number of aliphatic hydroxyl groups excluding tert-OH is 2. The van der Waals surface area contributed by atoms with Crippen molar-refractivity contribution in [2.45, 2.75) is 0 Å². The van der Waals surface area contributed by atoms with Crippen molar-refractivity contribution in [1.82, 2.24) is 0 Å². The third-order valence-corrected chi connectivity index (χ3v) is 0.752. The van der Waals surface area contributed by atoms with E-state index in [9.17, 15) is 9.59 Å². The number of aliphatic hydroxyl groups is 2. The second-order valence-electron chi connectivity index (χ2n) is 1.55. The fourth-order valence-corrected chi connectivity index (χ4v) is 0.296. The molecule has 0 fully saturated rings. The zero-order chi connectivity index (χ0) is 8.85. The fraction of sp³-hybridized carbons (Fsp3) is 0. The van der Waals surface area contributed by atoms with Crippen molar-refractivity contribution in [3.8, 4) is 0 Å². The van der Waals surface area contributed by atoms with E-state index >= 15 is 0 Å². The summed E-state index contributed by atoms with van der Waals surface area (Å²) in [6.07, 6.45) is 1.38. The predicted molar refractivity (Wildman–Crippen MR) is 35.1 cm³/mol. The van der Waals surface area contributed by atoms with Gasteiger partial charge in [-0.2, -0.15) is 0 Å². The second kappa shape index (κ2) is 4.10. The molecule has 5 nitrogen and oxygen atoms in total. The van der Waals surface area contributed by atoms with Gasteiger partial charge in [-0.25, -0.2) is 4.79 Å². The Morgan fingerprint density at radius 2 is 1.64 bits per heavy atom. The van der Waals surface area contributed by atoms with Crippen molar-refractivity contribution in [2.24, 2.45) is 0 Å². The molecular formula is C6H6O5. The van der Waals surface area contributed by atoms with Crippen LogP contribution < -0.4 is 0 Å². The van der Waals surface area contributed by atoms with Crippen LogP contribution in [-0.2, 0) is 9.59 Å². The van der Waals surface area contributed by atoms with Gasteiger partial charge in [0.05, 0.1) is 0 Å². The number of aliphatic carboxylic acids is 1. The summed E-state index contributed by atoms with van der Waals surface area (Å²) in [7, 11) is 0. The molecular weight excluding hydrogens is 152 g/mol. The van der Waals surface area contributed by atoms with Gasteiger partial charge >= 0.3 is 5.97 Å². The van der Waals surface area contributed by atoms with Crippen LogP contribution in [0.25, 0.3) is 0 Å². The number of carboxylic acid groups (broad SMARTS) is 1. The van der Waals surface area contributed by atoms with E-state index in [-0.39, 0.29) is 6.26 Å². The number of allylic oxidation sites excluding steroid dienone is 1. The van der Waals surface area contributed by atoms with Crippen LogP contribution in [0.1, 0.15) is 0 Å². The van der Waals surface area contributed by atoms with Gasteiger partial charge in [-0.15, -0.1) is 0 Å². The van der Waals surface area contributed by atoms with Gasteiger partial charge in [0.15, 0.2) is 5.76 Å². The van der Waals surface area contributed by atoms with Crippen LogP contribution in [0.15, 0.2) is 24.2 Å². The molecule has 0 aromatic carbocycles. The molecule has 0 aliphatic carbocycles. The zero-order valence-electron chi connectivity index (χ0n) is 5.39. The highest BCUT2D eigenvalue weighted by Crippen LogP contribution is 1.90. The number of rotatable bonds is 3. The molecule has 0 saturated carbocycles. The summed E-state index contributed by atoms with van der Waals surface area (Å²) in [5, 5.41) is 24.5. The molecule has 3 N–H and O–H groups in total. The minimum absolute atomic E-state index is 0.189. The molecule has 0 heterocycles. The Bertz CT molecular complexity index is 225. The number of carbonyl (C=O) groups is 2. The van der Waals surface area contributed by atoms with Crippen LogP contribution in [0, 0.1) is 0 Å². The largest absolute Gasteiger partial charge is 0.512 e. The summed E-state index contributed by atoms with van der Waals surface area (Å²) in [6, 6.07) is 0. The van der Waals surface area contributed by atoms with Crippen LogP contribution in [-0.4, -0.2) is 27.1 Å². The van der Waals surface area contributed by atoms with E-state index in [1.807, 2.05) is 0 Å². The number of carboxylic acids is 1. The van der Waals surface area contributed by atoms with Crippen LogP contribution in [0.5, 0.6) is 0 Å². The molecule has 0 aliphatic heterocycles. The maximum atomic E-state index is 10.5. The van der Waals surface area contributed by atoms with Crippen molar-refractivity contribution < 1.29 is 24.9 Å². The van der Waals surface area contributed by atoms with Crippen LogP contribution in [0.3, 0.4) is 0 Å². The minimum atomic E-state index is -1.30. The molecule has 5 heteroatoms. The summed E-state index contributed by atoms with van der Waals surface area (Å²) in [5.74, 6) is -3.17. The van der Waals surface area contributed by atoms with Gasteiger partial charge in [-0.3, -0.25) is 4.79 Å². The lowest BCUT2D eigenvalue weighted by Crippen LogP contribution is -1.98. The van der Waals surface area contributed by atoms with Gasteiger partial charge < -0.3 is 15.3 Å². The fourth-order valence-electron chi connectivity index (χ4n) is 0.296. The lowest BCUT2D eigenvalue weighted by molar-refractivity contribution is -0.131. The molecule has 0 spiro atoms. The lowest BCUT2D eigenvalue weighted by atomic mass is 10.3. The summed E-state index contributed by atoms with van der Waals surface area (Å²) in [4.78, 5) is 20.3. The van der Waals surface area contributed by atoms with Crippen LogP contribution >= 0.6 is 0 Å². The molecule has 0 bridgehead atoms. The smallest absolute Gasteiger partial charge is 0.328 e. The van der Waals surface area contributed by atoms with Crippen LogP contribution in [0.2, 0.25) is 0 Å². The van der Waals surface area contributed by atoms with Crippen molar-refractivity contribution in [2.75, 3.05) is 0 Å². The Hall–Kier alpha value is -1.78. The highest BCUT2D eigenvalue weighted by atomic mass is 16.4. The second-order valence-corrected chi connectivity index (χ2v) is 1.55. The van der Waals surface area contributed by atoms with Crippen molar-refractivity contribution in [1.29, 1.82) is 0 Å². The molecule has 0 radical (unpaired) electrons. The molecule has 0 aromatic rings. The third-order valence-electron chi connectivity index (χ3n) is 0.752. The summed E-state index contributed by atoms with van der Waals surface area (Å²) >= 11 is 0. The SMILES string of the molecule is O=C(O)/C=C/C(=O)/C(O)=C/O. The van der Waals surface area contributed by atoms with E-state index in [0.717, 1.165) is 0 Å². The Balaban J connectivity index is 4.19. The van der Waals surface area contributed by atoms with Gasteiger partial charge in [-0.05, 0) is 6.08 Å². The molecule has 0 saturated heterocycles. The van der Waals surface area contributed by atoms with E-state index in [4.69, 9.17) is 15.3 Å². The first-order valence-electron chi connectivity index (χ1n) is 2.56. The van der Waals surface area contributed by atoms with E-state index < -0.39 is 17.5 Å². The normalized spacial score (nSPS) is 11.8. The average Bonchev–Trinajstić information content (AvgIpc) is 1.98. The van der Waals surface area contributed by atoms with Crippen molar-refractivity contribution in [3.05, 3.63) is 24.2 Å². The van der Waals surface area contributed by atoms with Crippen molar-refractivity contribution in [3.63, 3.8) is 0 Å². The first-order valence-corrected chi connectivity index (χ1v) is 2.56. The highest BCUT2D eigenvalue weighted by Gasteiger charge is 2.02. The van der Waals surface area contributed by atoms with E-state index in [1.165, 1.54) is 0 Å².